The van der Waals surface area contributed by atoms with Crippen LogP contribution < -0.4 is 4.74 Å². The van der Waals surface area contributed by atoms with Gasteiger partial charge in [-0.15, -0.1) is 0 Å². The quantitative estimate of drug-likeness (QED) is 0.387. The highest BCUT2D eigenvalue weighted by atomic mass is 19.4. The number of rotatable bonds is 2. The van der Waals surface area contributed by atoms with E-state index in [9.17, 15) is 46.1 Å². The smallest absolute Gasteiger partial charge is 0.455 e. The normalized spacial score (nSPS) is 32.4. The van der Waals surface area contributed by atoms with Gasteiger partial charge >= 0.3 is 12.4 Å². The second-order valence-corrected chi connectivity index (χ2v) is 8.92. The van der Waals surface area contributed by atoms with Crippen molar-refractivity contribution in [2.24, 2.45) is 5.92 Å². The monoisotopic (exact) mass is 477 g/mol. The summed E-state index contributed by atoms with van der Waals surface area (Å²) in [6.07, 6.45) is -10.5. The molecule has 2 heterocycles. The predicted molar refractivity (Wildman–Crippen MR) is 98.3 cm³/mol. The number of nitrogens with zero attached hydrogens (tertiary/aromatic N) is 1. The molecule has 0 aromatic heterocycles. The van der Waals surface area contributed by atoms with Gasteiger partial charge in [0.1, 0.15) is 12.2 Å². The Bertz CT molecular complexity index is 1130. The zero-order valence-electron chi connectivity index (χ0n) is 16.9. The maximum Gasteiger partial charge on any atom is 0.455 e. The fourth-order valence-electron chi connectivity index (χ4n) is 6.14. The number of phenolic OH excluding ortho intramolecular Hbond substituents is 1. The van der Waals surface area contributed by atoms with Crippen molar-refractivity contribution in [3.05, 3.63) is 34.4 Å². The number of aliphatic hydroxyl groups excluding tert-OH is 1. The minimum absolute atomic E-state index is 0.0194. The van der Waals surface area contributed by atoms with Crippen LogP contribution in [-0.4, -0.2) is 70.9 Å². The summed E-state index contributed by atoms with van der Waals surface area (Å²) < 4.78 is 86.3. The molecule has 178 valence electrons. The molecule has 1 fully saturated rings. The van der Waals surface area contributed by atoms with Gasteiger partial charge in [0.15, 0.2) is 11.5 Å². The molecule has 0 amide bonds. The highest BCUT2D eigenvalue weighted by Crippen LogP contribution is 2.64. The zero-order chi connectivity index (χ0) is 24.2. The van der Waals surface area contributed by atoms with Gasteiger partial charge in [-0.1, -0.05) is 12.2 Å². The molecular weight excluding hydrogens is 460 g/mol. The molecule has 6 nitrogen and oxygen atoms in total. The molecule has 1 saturated heterocycles. The highest BCUT2D eigenvalue weighted by Gasteiger charge is 2.66. The number of carbonyl (C=O) groups excluding carboxylic acids is 2. The Balaban J connectivity index is 1.90. The number of hydrogen-bond donors (Lipinski definition) is 2. The molecule has 1 aromatic rings. The summed E-state index contributed by atoms with van der Waals surface area (Å²) in [7, 11) is 1.70. The van der Waals surface area contributed by atoms with Crippen molar-refractivity contribution in [3.63, 3.8) is 0 Å². The van der Waals surface area contributed by atoms with Crippen molar-refractivity contribution in [2.75, 3.05) is 13.6 Å². The number of benzene rings is 1. The number of aliphatic hydroxyl groups is 1. The third-order valence-corrected chi connectivity index (χ3v) is 7.41. The Morgan fingerprint density at radius 1 is 1.09 bits per heavy atom. The van der Waals surface area contributed by atoms with Gasteiger partial charge in [0.05, 0.1) is 5.56 Å². The van der Waals surface area contributed by atoms with Crippen molar-refractivity contribution < 1.29 is 50.9 Å². The molecular formula is C21H17F6NO5. The molecule has 2 aliphatic carbocycles. The summed E-state index contributed by atoms with van der Waals surface area (Å²) in [5, 5.41) is 21.2. The standard InChI is InChI=1S/C21H17F6NO5/c1-28-5-4-19-8-2-3-10(29)18(19)33-15-13(19)7(6-9(8)28)11(16(31)20(22,23)24)12(14(15)30)17(32)21(25,26)27/h2-3,8-10,18,29-30H,4-6H2,1H3/t8-,9+,10-,18-,19-/m0/s1. The molecule has 5 atom stereocenters. The average Bonchev–Trinajstić information content (AvgIpc) is 3.06. The van der Waals surface area contributed by atoms with E-state index in [1.807, 2.05) is 4.90 Å². The predicted octanol–water partition coefficient (Wildman–Crippen LogP) is 2.69. The van der Waals surface area contributed by atoms with E-state index in [2.05, 4.69) is 0 Å². The summed E-state index contributed by atoms with van der Waals surface area (Å²) in [5.41, 5.74) is -4.83. The highest BCUT2D eigenvalue weighted by molar-refractivity contribution is 6.15. The largest absolute Gasteiger partial charge is 0.504 e. The Hall–Kier alpha value is -2.60. The van der Waals surface area contributed by atoms with Gasteiger partial charge in [-0.25, -0.2) is 0 Å². The third kappa shape index (κ3) is 2.70. The number of aromatic hydroxyl groups is 1. The van der Waals surface area contributed by atoms with Crippen LogP contribution in [0.3, 0.4) is 0 Å². The van der Waals surface area contributed by atoms with E-state index in [4.69, 9.17) is 4.74 Å². The van der Waals surface area contributed by atoms with Gasteiger partial charge < -0.3 is 19.8 Å². The zero-order valence-corrected chi connectivity index (χ0v) is 16.9. The molecule has 4 aliphatic rings. The molecule has 2 N–H and O–H groups in total. The first-order valence-corrected chi connectivity index (χ1v) is 10.1. The Labute approximate surface area is 182 Å². The number of carbonyl (C=O) groups is 2. The van der Waals surface area contributed by atoms with E-state index in [0.29, 0.717) is 6.54 Å². The SMILES string of the molecule is CN1CC[C@]23c4c5c(C(=O)C(F)(F)F)c(C(=O)C(F)(F)F)c(O)c4O[C@H]2[C@@H](O)C=C[C@H]3[C@H]1C5. The molecule has 12 heteroatoms. The van der Waals surface area contributed by atoms with Gasteiger partial charge in [0.25, 0.3) is 11.6 Å². The van der Waals surface area contributed by atoms with Crippen molar-refractivity contribution >= 4 is 11.6 Å². The molecule has 5 rings (SSSR count). The minimum atomic E-state index is -5.66. The van der Waals surface area contributed by atoms with Crippen LogP contribution in [0.4, 0.5) is 26.3 Å². The molecule has 33 heavy (non-hydrogen) atoms. The first-order valence-electron chi connectivity index (χ1n) is 10.1. The maximum absolute atomic E-state index is 13.5. The molecule has 1 aromatic carbocycles. The fraction of sp³-hybridized carbons (Fsp3) is 0.524. The van der Waals surface area contributed by atoms with Gasteiger partial charge in [-0.05, 0) is 32.0 Å². The summed E-state index contributed by atoms with van der Waals surface area (Å²) in [6, 6.07) is -0.523. The van der Waals surface area contributed by atoms with Gasteiger partial charge in [0.2, 0.25) is 0 Å². The molecule has 0 radical (unpaired) electrons. The van der Waals surface area contributed by atoms with Crippen molar-refractivity contribution in [3.8, 4) is 11.5 Å². The number of piperidine rings is 1. The van der Waals surface area contributed by atoms with Crippen LogP contribution >= 0.6 is 0 Å². The van der Waals surface area contributed by atoms with E-state index in [0.717, 1.165) is 0 Å². The van der Waals surface area contributed by atoms with Gasteiger partial charge in [-0.2, -0.15) is 26.3 Å². The van der Waals surface area contributed by atoms with E-state index in [-0.39, 0.29) is 18.4 Å². The number of phenols is 1. The molecule has 2 aliphatic heterocycles. The minimum Gasteiger partial charge on any atom is -0.504 e. The molecule has 0 unspecified atom stereocenters. The summed E-state index contributed by atoms with van der Waals surface area (Å²) in [6.45, 7) is 0.438. The summed E-state index contributed by atoms with van der Waals surface area (Å²) >= 11 is 0. The van der Waals surface area contributed by atoms with Gasteiger partial charge in [-0.3, -0.25) is 9.59 Å². The third-order valence-electron chi connectivity index (χ3n) is 7.41. The molecule has 0 saturated carbocycles. The number of halogens is 6. The summed E-state index contributed by atoms with van der Waals surface area (Å²) in [5.74, 6) is -7.85. The van der Waals surface area contributed by atoms with Crippen molar-refractivity contribution in [1.29, 1.82) is 0 Å². The van der Waals surface area contributed by atoms with E-state index in [1.165, 1.54) is 6.08 Å². The number of alkyl halides is 6. The second-order valence-electron chi connectivity index (χ2n) is 8.92. The number of likely N-dealkylation sites (N-methyl/N-ethyl adjacent to an activating group) is 1. The van der Waals surface area contributed by atoms with Crippen LogP contribution in [0, 0.1) is 5.92 Å². The van der Waals surface area contributed by atoms with E-state index in [1.54, 1.807) is 13.1 Å². The summed E-state index contributed by atoms with van der Waals surface area (Å²) in [4.78, 5) is 26.4. The first-order chi connectivity index (χ1) is 15.2. The Morgan fingerprint density at radius 3 is 2.30 bits per heavy atom. The van der Waals surface area contributed by atoms with Crippen LogP contribution in [0.1, 0.15) is 38.3 Å². The Kier molecular flexibility index (Phi) is 4.37. The van der Waals surface area contributed by atoms with Crippen LogP contribution in [0.5, 0.6) is 11.5 Å². The number of hydrogen-bond acceptors (Lipinski definition) is 6. The lowest BCUT2D eigenvalue weighted by Crippen LogP contribution is -2.65. The topological polar surface area (TPSA) is 87.1 Å². The van der Waals surface area contributed by atoms with Crippen LogP contribution in [0.15, 0.2) is 12.2 Å². The lowest BCUT2D eigenvalue weighted by Gasteiger charge is -2.56. The van der Waals surface area contributed by atoms with Gasteiger partial charge in [0, 0.05) is 28.5 Å². The average molecular weight is 477 g/mol. The first kappa shape index (κ1) is 22.2. The lowest BCUT2D eigenvalue weighted by molar-refractivity contribution is -0.0910. The second kappa shape index (κ2) is 6.50. The Morgan fingerprint density at radius 2 is 1.70 bits per heavy atom. The number of ether oxygens (including phenoxy) is 1. The van der Waals surface area contributed by atoms with Crippen LogP contribution in [0.2, 0.25) is 0 Å². The molecule has 2 bridgehead atoms. The number of ketones is 2. The van der Waals surface area contributed by atoms with E-state index >= 15 is 0 Å². The molecule has 1 spiro atoms. The van der Waals surface area contributed by atoms with Crippen LogP contribution in [-0.2, 0) is 11.8 Å². The van der Waals surface area contributed by atoms with E-state index < -0.39 is 81.7 Å². The maximum atomic E-state index is 13.5. The number of likely N-dealkylation sites (tertiary alicyclic amines) is 1. The van der Waals surface area contributed by atoms with Crippen molar-refractivity contribution in [1.82, 2.24) is 4.90 Å². The number of Topliss-reactive ketones (excluding diaryl/α,β-unsaturated/α-hetero) is 2. The van der Waals surface area contributed by atoms with Crippen LogP contribution in [0.25, 0.3) is 0 Å². The fourth-order valence-corrected chi connectivity index (χ4v) is 6.14. The lowest BCUT2D eigenvalue weighted by atomic mass is 9.52. The van der Waals surface area contributed by atoms with Crippen molar-refractivity contribution in [2.45, 2.75) is 48.9 Å².